The lowest BCUT2D eigenvalue weighted by molar-refractivity contribution is -0.118. The summed E-state index contributed by atoms with van der Waals surface area (Å²) >= 11 is 0. The molecule has 1 rings (SSSR count). The number of amides is 1. The summed E-state index contributed by atoms with van der Waals surface area (Å²) in [5.41, 5.74) is 1.90. The highest BCUT2D eigenvalue weighted by Gasteiger charge is 2.17. The molecular formula is C24H32FN3O4. The van der Waals surface area contributed by atoms with Crippen molar-refractivity contribution in [2.75, 3.05) is 31.0 Å². The van der Waals surface area contributed by atoms with Gasteiger partial charge in [0.15, 0.2) is 0 Å². The van der Waals surface area contributed by atoms with E-state index in [1.807, 2.05) is 0 Å². The maximum absolute atomic E-state index is 15.1. The first-order chi connectivity index (χ1) is 15.3. The molecule has 0 heterocycles. The van der Waals surface area contributed by atoms with Crippen molar-refractivity contribution >= 4 is 29.8 Å². The second-order valence-electron chi connectivity index (χ2n) is 6.88. The predicted molar refractivity (Wildman–Crippen MR) is 126 cm³/mol. The number of rotatable bonds is 14. The highest BCUT2D eigenvalue weighted by atomic mass is 19.1. The van der Waals surface area contributed by atoms with Gasteiger partial charge in [-0.3, -0.25) is 9.79 Å². The van der Waals surface area contributed by atoms with Gasteiger partial charge in [-0.25, -0.2) is 4.39 Å². The van der Waals surface area contributed by atoms with Crippen LogP contribution in [0.4, 0.5) is 15.8 Å². The number of aliphatic imine (C=N–C) groups is 1. The molecule has 0 saturated heterocycles. The molecule has 0 radical (unpaired) electrons. The fraction of sp³-hybridized carbons (Fsp3) is 0.375. The van der Waals surface area contributed by atoms with Gasteiger partial charge < -0.3 is 24.9 Å². The van der Waals surface area contributed by atoms with Crippen LogP contribution in [0.1, 0.15) is 33.6 Å². The van der Waals surface area contributed by atoms with Gasteiger partial charge in [0.2, 0.25) is 5.91 Å². The largest absolute Gasteiger partial charge is 0.496 e. The van der Waals surface area contributed by atoms with E-state index in [9.17, 15) is 9.59 Å². The molecule has 1 unspecified atom stereocenters. The second kappa shape index (κ2) is 14.7. The molecule has 0 saturated carbocycles. The fourth-order valence-corrected chi connectivity index (χ4v) is 2.77. The number of halogens is 1. The van der Waals surface area contributed by atoms with Crippen molar-refractivity contribution in [3.8, 4) is 0 Å². The van der Waals surface area contributed by atoms with E-state index >= 15 is 4.39 Å². The van der Waals surface area contributed by atoms with Crippen molar-refractivity contribution < 1.29 is 23.5 Å². The number of ether oxygens (including phenoxy) is 2. The van der Waals surface area contributed by atoms with Gasteiger partial charge >= 0.3 is 0 Å². The van der Waals surface area contributed by atoms with Crippen molar-refractivity contribution in [1.29, 1.82) is 0 Å². The average Bonchev–Trinajstić information content (AvgIpc) is 2.74. The van der Waals surface area contributed by atoms with Crippen LogP contribution in [0, 0.1) is 0 Å². The van der Waals surface area contributed by atoms with Gasteiger partial charge in [0.1, 0.15) is 18.7 Å². The van der Waals surface area contributed by atoms with Crippen molar-refractivity contribution in [1.82, 2.24) is 0 Å². The summed E-state index contributed by atoms with van der Waals surface area (Å²) in [5, 5.41) is 5.80. The first-order valence-electron chi connectivity index (χ1n) is 10.3. The molecule has 1 amide bonds. The smallest absolute Gasteiger partial charge is 0.224 e. The van der Waals surface area contributed by atoms with Crippen LogP contribution in [0.5, 0.6) is 0 Å². The first-order valence-corrected chi connectivity index (χ1v) is 10.3. The molecule has 0 aliphatic rings. The molecule has 174 valence electrons. The van der Waals surface area contributed by atoms with Crippen LogP contribution < -0.4 is 10.6 Å². The zero-order valence-electron chi connectivity index (χ0n) is 19.1. The van der Waals surface area contributed by atoms with E-state index < -0.39 is 11.9 Å². The summed E-state index contributed by atoms with van der Waals surface area (Å²) in [6.07, 6.45) is 3.92. The number of anilines is 2. The monoisotopic (exact) mass is 445 g/mol. The molecule has 0 bridgehead atoms. The molecule has 0 aromatic heterocycles. The lowest BCUT2D eigenvalue weighted by Crippen LogP contribution is -2.13. The van der Waals surface area contributed by atoms with Crippen LogP contribution in [0.3, 0.4) is 0 Å². The number of nitrogens with one attached hydrogen (secondary N) is 2. The van der Waals surface area contributed by atoms with Crippen LogP contribution >= 0.6 is 0 Å². The molecule has 0 spiro atoms. The van der Waals surface area contributed by atoms with Crippen LogP contribution in [-0.4, -0.2) is 44.8 Å². The Balaban J connectivity index is 2.98. The Morgan fingerprint density at radius 2 is 1.84 bits per heavy atom. The SMILES string of the molecule is C=C(Nc1ccc(NC(=O)CCC=O)cc1)/C(=C(F)/C=C(\C)OCCOC)C(C)N=CC. The molecule has 7 nitrogen and oxygen atoms in total. The molecule has 1 aromatic carbocycles. The van der Waals surface area contributed by atoms with Crippen LogP contribution in [-0.2, 0) is 19.1 Å². The van der Waals surface area contributed by atoms with Gasteiger partial charge in [0, 0.05) is 48.7 Å². The van der Waals surface area contributed by atoms with E-state index in [-0.39, 0.29) is 18.7 Å². The van der Waals surface area contributed by atoms with E-state index in [1.54, 1.807) is 58.4 Å². The number of carbonyl (C=O) groups excluding carboxylic acids is 2. The van der Waals surface area contributed by atoms with E-state index in [0.717, 1.165) is 0 Å². The average molecular weight is 446 g/mol. The molecule has 2 N–H and O–H groups in total. The van der Waals surface area contributed by atoms with E-state index in [1.165, 1.54) is 6.08 Å². The minimum absolute atomic E-state index is 0.131. The van der Waals surface area contributed by atoms with E-state index in [4.69, 9.17) is 9.47 Å². The molecule has 0 fully saturated rings. The Morgan fingerprint density at radius 3 is 2.41 bits per heavy atom. The van der Waals surface area contributed by atoms with Crippen molar-refractivity contribution in [3.05, 3.63) is 59.8 Å². The lowest BCUT2D eigenvalue weighted by Gasteiger charge is -2.18. The lowest BCUT2D eigenvalue weighted by atomic mass is 10.0. The third kappa shape index (κ3) is 9.70. The number of benzene rings is 1. The fourth-order valence-electron chi connectivity index (χ4n) is 2.77. The van der Waals surface area contributed by atoms with Crippen LogP contribution in [0.25, 0.3) is 0 Å². The maximum atomic E-state index is 15.1. The van der Waals surface area contributed by atoms with Gasteiger partial charge in [0.25, 0.3) is 0 Å². The number of methoxy groups -OCH3 is 1. The number of aldehydes is 1. The number of carbonyl (C=O) groups is 2. The maximum Gasteiger partial charge on any atom is 0.224 e. The summed E-state index contributed by atoms with van der Waals surface area (Å²) in [5.74, 6) is -0.336. The Morgan fingerprint density at radius 1 is 1.22 bits per heavy atom. The quantitative estimate of drug-likeness (QED) is 0.141. The zero-order valence-corrected chi connectivity index (χ0v) is 19.1. The van der Waals surface area contributed by atoms with Gasteiger partial charge in [0.05, 0.1) is 18.4 Å². The molecule has 0 aliphatic carbocycles. The third-order valence-electron chi connectivity index (χ3n) is 4.27. The molecule has 0 aliphatic heterocycles. The molecule has 1 atom stereocenters. The summed E-state index contributed by atoms with van der Waals surface area (Å²) in [6.45, 7) is 9.91. The summed E-state index contributed by atoms with van der Waals surface area (Å²) in [7, 11) is 1.56. The first kappa shape index (κ1) is 26.8. The topological polar surface area (TPSA) is 89.0 Å². The van der Waals surface area contributed by atoms with E-state index in [2.05, 4.69) is 22.2 Å². The van der Waals surface area contributed by atoms with Crippen LogP contribution in [0.2, 0.25) is 0 Å². The Labute approximate surface area is 189 Å². The number of hydrogen-bond donors (Lipinski definition) is 2. The number of nitrogens with zero attached hydrogens (tertiary/aromatic N) is 1. The van der Waals surface area contributed by atoms with Gasteiger partial charge in [-0.15, -0.1) is 0 Å². The molecule has 8 heteroatoms. The zero-order chi connectivity index (χ0) is 23.9. The minimum atomic E-state index is -0.505. The third-order valence-corrected chi connectivity index (χ3v) is 4.27. The van der Waals surface area contributed by atoms with Gasteiger partial charge in [-0.05, 0) is 51.3 Å². The van der Waals surface area contributed by atoms with Crippen molar-refractivity contribution in [2.24, 2.45) is 4.99 Å². The Bertz CT molecular complexity index is 861. The molecule has 1 aromatic rings. The normalized spacial score (nSPS) is 13.3. The Hall–Kier alpha value is -3.26. The highest BCUT2D eigenvalue weighted by Crippen LogP contribution is 2.25. The van der Waals surface area contributed by atoms with E-state index in [0.29, 0.717) is 47.9 Å². The standard InChI is InChI=1S/C24H32FN3O4/c1-6-26-18(3)24(22(25)16-17(2)32-15-14-31-5)19(4)27-20-9-11-21(12-10-20)28-23(30)8-7-13-29/h6,9-13,16,18,27H,4,7-8,14-15H2,1-3,5H3,(H,28,30)/b17-16+,24-22-,26-6?. The predicted octanol–water partition coefficient (Wildman–Crippen LogP) is 4.80. The summed E-state index contributed by atoms with van der Waals surface area (Å²) < 4.78 is 25.5. The number of hydrogen-bond acceptors (Lipinski definition) is 6. The number of allylic oxidation sites excluding steroid dienone is 3. The second-order valence-corrected chi connectivity index (χ2v) is 6.88. The molecule has 32 heavy (non-hydrogen) atoms. The van der Waals surface area contributed by atoms with Crippen molar-refractivity contribution in [2.45, 2.75) is 39.7 Å². The Kier molecular flexibility index (Phi) is 12.3. The van der Waals surface area contributed by atoms with Gasteiger partial charge in [-0.1, -0.05) is 6.58 Å². The molecular weight excluding hydrogens is 413 g/mol. The summed E-state index contributed by atoms with van der Waals surface area (Å²) in [4.78, 5) is 26.4. The van der Waals surface area contributed by atoms with Crippen LogP contribution in [0.15, 0.2) is 64.8 Å². The highest BCUT2D eigenvalue weighted by molar-refractivity contribution is 5.91. The van der Waals surface area contributed by atoms with Crippen molar-refractivity contribution in [3.63, 3.8) is 0 Å². The summed E-state index contributed by atoms with van der Waals surface area (Å²) in [6, 6.07) is 6.40. The van der Waals surface area contributed by atoms with Gasteiger partial charge in [-0.2, -0.15) is 0 Å². The minimum Gasteiger partial charge on any atom is -0.496 e.